The molecule has 5 rings (SSSR count). The van der Waals surface area contributed by atoms with E-state index in [2.05, 4.69) is 37.4 Å². The van der Waals surface area contributed by atoms with Crippen LogP contribution in [0.1, 0.15) is 37.3 Å². The SMILES string of the molecule is Cc1cccc2c1C13CCNC(C)C1CCC1(OCCO1)C3O2. The van der Waals surface area contributed by atoms with Crippen LogP contribution in [0.2, 0.25) is 0 Å². The predicted octanol–water partition coefficient (Wildman–Crippen LogP) is 2.53. The first-order valence-corrected chi connectivity index (χ1v) is 8.95. The number of rotatable bonds is 0. The van der Waals surface area contributed by atoms with E-state index in [1.165, 1.54) is 11.1 Å². The van der Waals surface area contributed by atoms with E-state index in [0.29, 0.717) is 25.2 Å². The monoisotopic (exact) mass is 315 g/mol. The molecule has 1 aliphatic carbocycles. The molecule has 1 saturated carbocycles. The van der Waals surface area contributed by atoms with Gasteiger partial charge in [0, 0.05) is 23.4 Å². The van der Waals surface area contributed by atoms with Crippen LogP contribution in [0.5, 0.6) is 5.75 Å². The van der Waals surface area contributed by atoms with Crippen LogP contribution in [-0.4, -0.2) is 37.7 Å². The lowest BCUT2D eigenvalue weighted by molar-refractivity contribution is -0.255. The molecule has 124 valence electrons. The summed E-state index contributed by atoms with van der Waals surface area (Å²) in [5.41, 5.74) is 2.79. The average molecular weight is 315 g/mol. The molecular weight excluding hydrogens is 290 g/mol. The highest BCUT2D eigenvalue weighted by atomic mass is 16.8. The summed E-state index contributed by atoms with van der Waals surface area (Å²) in [5, 5.41) is 3.68. The first kappa shape index (κ1) is 14.3. The van der Waals surface area contributed by atoms with E-state index in [9.17, 15) is 0 Å². The summed E-state index contributed by atoms with van der Waals surface area (Å²) in [4.78, 5) is 0. The highest BCUT2D eigenvalue weighted by molar-refractivity contribution is 5.52. The van der Waals surface area contributed by atoms with Crippen molar-refractivity contribution in [2.75, 3.05) is 19.8 Å². The predicted molar refractivity (Wildman–Crippen MR) is 86.7 cm³/mol. The topological polar surface area (TPSA) is 39.7 Å². The van der Waals surface area contributed by atoms with Crippen molar-refractivity contribution in [3.05, 3.63) is 29.3 Å². The average Bonchev–Trinajstić information content (AvgIpc) is 3.13. The van der Waals surface area contributed by atoms with Gasteiger partial charge in [-0.05, 0) is 50.8 Å². The van der Waals surface area contributed by atoms with Crippen molar-refractivity contribution in [2.45, 2.75) is 56.5 Å². The molecule has 0 radical (unpaired) electrons. The van der Waals surface area contributed by atoms with Crippen LogP contribution in [0.25, 0.3) is 0 Å². The van der Waals surface area contributed by atoms with Gasteiger partial charge in [-0.3, -0.25) is 0 Å². The van der Waals surface area contributed by atoms with Gasteiger partial charge in [0.1, 0.15) is 5.75 Å². The van der Waals surface area contributed by atoms with Crippen LogP contribution in [0, 0.1) is 12.8 Å². The maximum atomic E-state index is 6.56. The third-order valence-corrected chi connectivity index (χ3v) is 6.66. The van der Waals surface area contributed by atoms with E-state index < -0.39 is 5.79 Å². The van der Waals surface area contributed by atoms with Gasteiger partial charge in [0.15, 0.2) is 6.10 Å². The maximum Gasteiger partial charge on any atom is 0.206 e. The quantitative estimate of drug-likeness (QED) is 0.798. The van der Waals surface area contributed by atoms with Crippen molar-refractivity contribution >= 4 is 0 Å². The molecule has 3 fully saturated rings. The molecule has 4 heteroatoms. The van der Waals surface area contributed by atoms with Gasteiger partial charge in [-0.1, -0.05) is 12.1 Å². The van der Waals surface area contributed by atoms with Crippen molar-refractivity contribution < 1.29 is 14.2 Å². The number of fused-ring (bicyclic) bond motifs is 2. The molecule has 1 aromatic carbocycles. The van der Waals surface area contributed by atoms with Crippen LogP contribution in [0.15, 0.2) is 18.2 Å². The molecule has 3 aliphatic heterocycles. The van der Waals surface area contributed by atoms with E-state index >= 15 is 0 Å². The van der Waals surface area contributed by atoms with E-state index in [1.54, 1.807) is 0 Å². The molecule has 4 atom stereocenters. The van der Waals surface area contributed by atoms with E-state index in [-0.39, 0.29) is 11.5 Å². The van der Waals surface area contributed by atoms with Crippen molar-refractivity contribution in [3.8, 4) is 5.75 Å². The summed E-state index contributed by atoms with van der Waals surface area (Å²) in [6, 6.07) is 6.95. The Kier molecular flexibility index (Phi) is 2.92. The number of aryl methyl sites for hydroxylation is 1. The normalized spacial score (nSPS) is 40.3. The van der Waals surface area contributed by atoms with Gasteiger partial charge in [0.25, 0.3) is 0 Å². The zero-order valence-electron chi connectivity index (χ0n) is 13.9. The molecule has 4 unspecified atom stereocenters. The van der Waals surface area contributed by atoms with Gasteiger partial charge in [-0.2, -0.15) is 0 Å². The number of piperidine rings is 1. The van der Waals surface area contributed by atoms with Crippen molar-refractivity contribution in [3.63, 3.8) is 0 Å². The molecule has 23 heavy (non-hydrogen) atoms. The Balaban J connectivity index is 1.73. The number of nitrogens with one attached hydrogen (secondary N) is 1. The van der Waals surface area contributed by atoms with Crippen molar-refractivity contribution in [1.82, 2.24) is 5.32 Å². The van der Waals surface area contributed by atoms with Crippen LogP contribution >= 0.6 is 0 Å². The lowest BCUT2D eigenvalue weighted by atomic mass is 9.54. The second-order valence-corrected chi connectivity index (χ2v) is 7.63. The first-order valence-electron chi connectivity index (χ1n) is 8.95. The fraction of sp³-hybridized carbons (Fsp3) is 0.684. The maximum absolute atomic E-state index is 6.56. The Morgan fingerprint density at radius 2 is 2.00 bits per heavy atom. The molecule has 1 N–H and O–H groups in total. The third kappa shape index (κ3) is 1.67. The highest BCUT2D eigenvalue weighted by Gasteiger charge is 2.68. The van der Waals surface area contributed by atoms with Gasteiger partial charge in [0.05, 0.1) is 13.2 Å². The van der Waals surface area contributed by atoms with E-state index in [0.717, 1.165) is 31.6 Å². The van der Waals surface area contributed by atoms with Gasteiger partial charge < -0.3 is 19.5 Å². The van der Waals surface area contributed by atoms with Crippen molar-refractivity contribution in [1.29, 1.82) is 0 Å². The molecule has 0 amide bonds. The Labute approximate surface area is 137 Å². The Bertz CT molecular complexity index is 640. The van der Waals surface area contributed by atoms with E-state index in [1.807, 2.05) is 0 Å². The summed E-state index contributed by atoms with van der Waals surface area (Å²) in [6.45, 7) is 6.95. The fourth-order valence-corrected chi connectivity index (χ4v) is 5.86. The molecule has 2 saturated heterocycles. The summed E-state index contributed by atoms with van der Waals surface area (Å²) in [6.07, 6.45) is 3.14. The van der Waals surface area contributed by atoms with Crippen LogP contribution in [0.3, 0.4) is 0 Å². The molecule has 0 aromatic heterocycles. The number of hydrogen-bond donors (Lipinski definition) is 1. The third-order valence-electron chi connectivity index (χ3n) is 6.66. The minimum atomic E-state index is -0.543. The minimum Gasteiger partial charge on any atom is -0.484 e. The second kappa shape index (κ2) is 4.71. The Morgan fingerprint density at radius 3 is 2.83 bits per heavy atom. The lowest BCUT2D eigenvalue weighted by Crippen LogP contribution is -2.67. The standard InChI is InChI=1S/C19H25NO3/c1-12-4-3-5-15-16(12)18-8-9-20-13(2)14(18)6-7-19(17(18)23-15)21-10-11-22-19/h3-5,13-14,17,20H,6-11H2,1-2H3. The molecule has 2 spiro atoms. The van der Waals surface area contributed by atoms with Crippen LogP contribution in [-0.2, 0) is 14.9 Å². The molecular formula is C19H25NO3. The molecule has 4 aliphatic rings. The molecule has 4 nitrogen and oxygen atoms in total. The van der Waals surface area contributed by atoms with Gasteiger partial charge in [-0.25, -0.2) is 0 Å². The minimum absolute atomic E-state index is 0.0168. The van der Waals surface area contributed by atoms with Crippen LogP contribution in [0.4, 0.5) is 0 Å². The van der Waals surface area contributed by atoms with E-state index in [4.69, 9.17) is 14.2 Å². The van der Waals surface area contributed by atoms with Gasteiger partial charge in [-0.15, -0.1) is 0 Å². The molecule has 0 bridgehead atoms. The lowest BCUT2D eigenvalue weighted by Gasteiger charge is -2.55. The zero-order valence-corrected chi connectivity index (χ0v) is 13.9. The fourth-order valence-electron chi connectivity index (χ4n) is 5.86. The first-order chi connectivity index (χ1) is 11.2. The summed E-state index contributed by atoms with van der Waals surface area (Å²) in [7, 11) is 0. The number of hydrogen-bond acceptors (Lipinski definition) is 4. The number of benzene rings is 1. The second-order valence-electron chi connectivity index (χ2n) is 7.63. The highest BCUT2D eigenvalue weighted by Crippen LogP contribution is 2.61. The zero-order chi connectivity index (χ0) is 15.7. The van der Waals surface area contributed by atoms with Crippen LogP contribution < -0.4 is 10.1 Å². The summed E-state index contributed by atoms with van der Waals surface area (Å²) >= 11 is 0. The molecule has 3 heterocycles. The number of ether oxygens (including phenoxy) is 3. The Hall–Kier alpha value is -1.10. The molecule has 1 aromatic rings. The van der Waals surface area contributed by atoms with Crippen molar-refractivity contribution in [2.24, 2.45) is 5.92 Å². The largest absolute Gasteiger partial charge is 0.484 e. The smallest absolute Gasteiger partial charge is 0.206 e. The summed E-state index contributed by atoms with van der Waals surface area (Å²) in [5.74, 6) is 1.08. The Morgan fingerprint density at radius 1 is 1.17 bits per heavy atom. The summed E-state index contributed by atoms with van der Waals surface area (Å²) < 4.78 is 18.9. The van der Waals surface area contributed by atoms with Gasteiger partial charge in [0.2, 0.25) is 5.79 Å². The van der Waals surface area contributed by atoms with Gasteiger partial charge >= 0.3 is 0 Å².